The minimum absolute atomic E-state index is 0.115. The summed E-state index contributed by atoms with van der Waals surface area (Å²) in [5.41, 5.74) is 1.00. The van der Waals surface area contributed by atoms with E-state index in [-0.39, 0.29) is 16.8 Å². The summed E-state index contributed by atoms with van der Waals surface area (Å²) in [4.78, 5) is 21.8. The maximum Gasteiger partial charge on any atom is 0.283 e. The molecular weight excluding hydrogens is 427 g/mol. The van der Waals surface area contributed by atoms with Gasteiger partial charge in [0, 0.05) is 0 Å². The molecule has 0 fully saturated rings. The molecule has 2 atom stereocenters. The lowest BCUT2D eigenvalue weighted by Gasteiger charge is -2.17. The molecule has 6 nitrogen and oxygen atoms in total. The monoisotopic (exact) mass is 442 g/mol. The number of hydrogen-bond acceptors (Lipinski definition) is 4. The van der Waals surface area contributed by atoms with Crippen molar-refractivity contribution in [3.63, 3.8) is 0 Å². The van der Waals surface area contributed by atoms with Crippen molar-refractivity contribution < 1.29 is 9.85 Å². The van der Waals surface area contributed by atoms with E-state index >= 15 is 0 Å². The molecule has 0 heterocycles. The van der Waals surface area contributed by atoms with Crippen LogP contribution >= 0.6 is 23.2 Å². The molecule has 0 radical (unpaired) electrons. The molecule has 0 unspecified atom stereocenters. The molecule has 0 N–H and O–H groups in total. The molecule has 8 heteroatoms. The molecule has 0 aromatic heterocycles. The van der Waals surface area contributed by atoms with Crippen LogP contribution in [0.2, 0.25) is 0 Å². The fraction of sp³-hybridized carbons (Fsp3) is 0.0909. The van der Waals surface area contributed by atoms with Crippen LogP contribution in [0.25, 0.3) is 12.2 Å². The first-order valence-corrected chi connectivity index (χ1v) is 9.78. The lowest BCUT2D eigenvalue weighted by Crippen LogP contribution is -2.06. The lowest BCUT2D eigenvalue weighted by atomic mass is 9.98. The Hall–Kier alpha value is -3.22. The van der Waals surface area contributed by atoms with Crippen LogP contribution in [0.1, 0.15) is 33.0 Å². The van der Waals surface area contributed by atoms with E-state index in [4.69, 9.17) is 23.2 Å². The third kappa shape index (κ3) is 4.84. The highest BCUT2D eigenvalue weighted by Gasteiger charge is 2.31. The van der Waals surface area contributed by atoms with Crippen molar-refractivity contribution in [2.75, 3.05) is 0 Å². The van der Waals surface area contributed by atoms with Gasteiger partial charge in [0.2, 0.25) is 0 Å². The minimum atomic E-state index is -0.973. The second kappa shape index (κ2) is 9.52. The molecule has 0 saturated carbocycles. The number of hydrogen-bond donors (Lipinski definition) is 0. The zero-order valence-electron chi connectivity index (χ0n) is 15.5. The Bertz CT molecular complexity index is 1090. The number of nitrogens with zero attached hydrogens (tertiary/aromatic N) is 2. The fourth-order valence-corrected chi connectivity index (χ4v) is 3.60. The molecule has 3 aromatic carbocycles. The van der Waals surface area contributed by atoms with E-state index in [1.54, 1.807) is 30.3 Å². The first kappa shape index (κ1) is 21.5. The molecule has 0 spiro atoms. The number of nitro benzene ring substituents is 2. The quantitative estimate of drug-likeness (QED) is 0.171. The largest absolute Gasteiger partial charge is 0.283 e. The Balaban J connectivity index is 2.10. The first-order chi connectivity index (χ1) is 14.4. The van der Waals surface area contributed by atoms with E-state index in [1.807, 2.05) is 36.4 Å². The Morgan fingerprint density at radius 3 is 1.87 bits per heavy atom. The van der Waals surface area contributed by atoms with Crippen molar-refractivity contribution in [1.82, 2.24) is 0 Å². The zero-order chi connectivity index (χ0) is 21.7. The van der Waals surface area contributed by atoms with Gasteiger partial charge in [-0.1, -0.05) is 66.7 Å². The maximum absolute atomic E-state index is 11.6. The molecule has 3 rings (SSSR count). The number of benzene rings is 3. The Morgan fingerprint density at radius 2 is 1.30 bits per heavy atom. The highest BCUT2D eigenvalue weighted by Crippen LogP contribution is 2.44. The number of rotatable bonds is 7. The molecule has 152 valence electrons. The van der Waals surface area contributed by atoms with Crippen molar-refractivity contribution >= 4 is 46.7 Å². The van der Waals surface area contributed by atoms with Crippen LogP contribution < -0.4 is 0 Å². The van der Waals surface area contributed by atoms with Gasteiger partial charge >= 0.3 is 0 Å². The van der Waals surface area contributed by atoms with E-state index in [2.05, 4.69) is 0 Å². The SMILES string of the molecule is O=[N+]([O-])c1cc([N+](=O)[O-])c([C@H](Cl)[C@@H](Cl)c2ccccc2)cc1C=Cc1ccccc1. The number of alkyl halides is 2. The summed E-state index contributed by atoms with van der Waals surface area (Å²) in [6.45, 7) is 0. The summed E-state index contributed by atoms with van der Waals surface area (Å²) < 4.78 is 0. The molecule has 0 bridgehead atoms. The van der Waals surface area contributed by atoms with Gasteiger partial charge in [0.05, 0.1) is 37.8 Å². The van der Waals surface area contributed by atoms with Gasteiger partial charge in [0.15, 0.2) is 0 Å². The van der Waals surface area contributed by atoms with Gasteiger partial charge in [0.1, 0.15) is 0 Å². The second-order valence-corrected chi connectivity index (χ2v) is 7.38. The predicted octanol–water partition coefficient (Wildman–Crippen LogP) is 6.93. The molecule has 3 aromatic rings. The molecular formula is C22H16Cl2N2O4. The van der Waals surface area contributed by atoms with Gasteiger partial charge in [-0.3, -0.25) is 20.2 Å². The van der Waals surface area contributed by atoms with Gasteiger partial charge in [-0.05, 0) is 23.3 Å². The van der Waals surface area contributed by atoms with Gasteiger partial charge < -0.3 is 0 Å². The van der Waals surface area contributed by atoms with E-state index < -0.39 is 26.3 Å². The van der Waals surface area contributed by atoms with Crippen molar-refractivity contribution in [3.8, 4) is 0 Å². The van der Waals surface area contributed by atoms with Crippen LogP contribution in [0.4, 0.5) is 11.4 Å². The third-order valence-corrected chi connectivity index (χ3v) is 5.62. The van der Waals surface area contributed by atoms with Crippen LogP contribution in [-0.4, -0.2) is 9.85 Å². The van der Waals surface area contributed by atoms with Gasteiger partial charge in [-0.25, -0.2) is 0 Å². The predicted molar refractivity (Wildman–Crippen MR) is 119 cm³/mol. The van der Waals surface area contributed by atoms with E-state index in [0.29, 0.717) is 5.56 Å². The lowest BCUT2D eigenvalue weighted by molar-refractivity contribution is -0.394. The Kier molecular flexibility index (Phi) is 6.82. The minimum Gasteiger partial charge on any atom is -0.258 e. The van der Waals surface area contributed by atoms with Crippen molar-refractivity contribution in [2.24, 2.45) is 0 Å². The molecule has 0 aliphatic carbocycles. The van der Waals surface area contributed by atoms with E-state index in [1.165, 1.54) is 12.1 Å². The van der Waals surface area contributed by atoms with E-state index in [0.717, 1.165) is 11.6 Å². The highest BCUT2D eigenvalue weighted by atomic mass is 35.5. The van der Waals surface area contributed by atoms with Crippen LogP contribution in [0.5, 0.6) is 0 Å². The van der Waals surface area contributed by atoms with E-state index in [9.17, 15) is 20.2 Å². The maximum atomic E-state index is 11.6. The molecule has 0 aliphatic heterocycles. The second-order valence-electron chi connectivity index (χ2n) is 6.44. The topological polar surface area (TPSA) is 86.3 Å². The molecule has 0 saturated heterocycles. The Morgan fingerprint density at radius 1 is 0.733 bits per heavy atom. The molecule has 30 heavy (non-hydrogen) atoms. The highest BCUT2D eigenvalue weighted by molar-refractivity contribution is 6.30. The summed E-state index contributed by atoms with van der Waals surface area (Å²) in [5, 5.41) is 21.4. The fourth-order valence-electron chi connectivity index (χ4n) is 3.00. The number of nitro groups is 2. The van der Waals surface area contributed by atoms with Crippen molar-refractivity contribution in [3.05, 3.63) is 115 Å². The first-order valence-electron chi connectivity index (χ1n) is 8.91. The smallest absolute Gasteiger partial charge is 0.258 e. The summed E-state index contributed by atoms with van der Waals surface area (Å²) in [6.07, 6.45) is 3.23. The van der Waals surface area contributed by atoms with Crippen molar-refractivity contribution in [1.29, 1.82) is 0 Å². The van der Waals surface area contributed by atoms with Crippen LogP contribution in [-0.2, 0) is 0 Å². The molecule has 0 amide bonds. The molecule has 0 aliphatic rings. The van der Waals surface area contributed by atoms with Crippen LogP contribution in [0, 0.1) is 20.2 Å². The van der Waals surface area contributed by atoms with Crippen molar-refractivity contribution in [2.45, 2.75) is 10.8 Å². The third-order valence-electron chi connectivity index (χ3n) is 4.50. The van der Waals surface area contributed by atoms with Crippen LogP contribution in [0.3, 0.4) is 0 Å². The summed E-state index contributed by atoms with van der Waals surface area (Å²) >= 11 is 13.0. The summed E-state index contributed by atoms with van der Waals surface area (Å²) in [6, 6.07) is 20.4. The zero-order valence-corrected chi connectivity index (χ0v) is 17.0. The van der Waals surface area contributed by atoms with Gasteiger partial charge in [-0.15, -0.1) is 23.2 Å². The number of halogens is 2. The summed E-state index contributed by atoms with van der Waals surface area (Å²) in [5.74, 6) is 0. The van der Waals surface area contributed by atoms with Gasteiger partial charge in [-0.2, -0.15) is 0 Å². The Labute approximate surface area is 182 Å². The van der Waals surface area contributed by atoms with Gasteiger partial charge in [0.25, 0.3) is 11.4 Å². The summed E-state index contributed by atoms with van der Waals surface area (Å²) in [7, 11) is 0. The normalized spacial score (nSPS) is 13.1. The average molecular weight is 443 g/mol. The standard InChI is InChI=1S/C22H16Cl2N2O4/c23-21(16-9-5-2-6-10-16)22(24)18-13-17(12-11-15-7-3-1-4-8-15)19(25(27)28)14-20(18)26(29)30/h1-14,21-22H/t21-,22-/m0/s1. The average Bonchev–Trinajstić information content (AvgIpc) is 2.77. The van der Waals surface area contributed by atoms with Crippen LogP contribution in [0.15, 0.2) is 72.8 Å².